The van der Waals surface area contributed by atoms with Crippen molar-refractivity contribution < 1.29 is 4.79 Å². The van der Waals surface area contributed by atoms with Gasteiger partial charge in [-0.3, -0.25) is 4.79 Å². The van der Waals surface area contributed by atoms with Crippen molar-refractivity contribution in [3.63, 3.8) is 0 Å². The van der Waals surface area contributed by atoms with Crippen molar-refractivity contribution in [3.8, 4) is 0 Å². The molecule has 10 heavy (non-hydrogen) atoms. The molecule has 0 saturated heterocycles. The van der Waals surface area contributed by atoms with Crippen molar-refractivity contribution in [2.45, 2.75) is 6.92 Å². The number of carbonyl (C=O) groups excluding carboxylic acids is 1. The van der Waals surface area contributed by atoms with E-state index in [0.29, 0.717) is 10.1 Å². The van der Waals surface area contributed by atoms with E-state index in [1.165, 1.54) is 18.7 Å². The number of hydrogen-bond donors (Lipinski definition) is 2. The fourth-order valence-corrected chi connectivity index (χ4v) is 1.27. The Kier molecular flexibility index (Phi) is 6.16. The van der Waals surface area contributed by atoms with Crippen LogP contribution < -0.4 is 5.32 Å². The summed E-state index contributed by atoms with van der Waals surface area (Å²) in [4.78, 5) is 10.3. The Bertz CT molecular complexity index is 121. The third kappa shape index (κ3) is 8.26. The van der Waals surface area contributed by atoms with Gasteiger partial charge in [0.1, 0.15) is 3.53 Å². The number of thiocarbonyl (C=S) groups is 1. The highest BCUT2D eigenvalue weighted by atomic mass is 32.2. The van der Waals surface area contributed by atoms with E-state index in [1.807, 2.05) is 0 Å². The average molecular weight is 195 g/mol. The van der Waals surface area contributed by atoms with Crippen LogP contribution in [0.25, 0.3) is 0 Å². The molecule has 0 aliphatic rings. The van der Waals surface area contributed by atoms with Gasteiger partial charge < -0.3 is 5.32 Å². The molecule has 0 bridgehead atoms. The monoisotopic (exact) mass is 195 g/mol. The van der Waals surface area contributed by atoms with E-state index in [2.05, 4.69) is 30.2 Å². The normalized spacial score (nSPS) is 9.00. The molecule has 0 aromatic carbocycles. The number of rotatable bonds is 3. The van der Waals surface area contributed by atoms with E-state index < -0.39 is 0 Å². The summed E-state index contributed by atoms with van der Waals surface area (Å²) in [5.41, 5.74) is 0. The Morgan fingerprint density at radius 3 is 2.80 bits per heavy atom. The molecule has 0 rings (SSSR count). The summed E-state index contributed by atoms with van der Waals surface area (Å²) in [5.74, 6) is 0.785. The smallest absolute Gasteiger partial charge is 0.216 e. The Labute approximate surface area is 75.5 Å². The summed E-state index contributed by atoms with van der Waals surface area (Å²) in [7, 11) is 0. The van der Waals surface area contributed by atoms with E-state index >= 15 is 0 Å². The van der Waals surface area contributed by atoms with E-state index in [-0.39, 0.29) is 5.91 Å². The zero-order chi connectivity index (χ0) is 7.98. The molecule has 0 aromatic rings. The summed E-state index contributed by atoms with van der Waals surface area (Å²) in [6.07, 6.45) is 0. The minimum Gasteiger partial charge on any atom is -0.356 e. The lowest BCUT2D eigenvalue weighted by Gasteiger charge is -1.98. The maximum Gasteiger partial charge on any atom is 0.216 e. The first-order valence-electron chi connectivity index (χ1n) is 2.73. The fraction of sp³-hybridized carbons (Fsp3) is 0.600. The Morgan fingerprint density at radius 2 is 2.40 bits per heavy atom. The van der Waals surface area contributed by atoms with E-state index in [4.69, 9.17) is 0 Å². The molecule has 58 valence electrons. The SMILES string of the molecule is CC(=O)NCCSC(=S)S. The first kappa shape index (κ1) is 10.3. The lowest BCUT2D eigenvalue weighted by Crippen LogP contribution is -2.22. The molecule has 5 heteroatoms. The molecule has 0 spiro atoms. The maximum atomic E-state index is 10.3. The number of thiol groups is 1. The van der Waals surface area contributed by atoms with Gasteiger partial charge >= 0.3 is 0 Å². The largest absolute Gasteiger partial charge is 0.356 e. The zero-order valence-electron chi connectivity index (χ0n) is 5.59. The third-order valence-corrected chi connectivity index (χ3v) is 2.10. The van der Waals surface area contributed by atoms with Gasteiger partial charge in [0.05, 0.1) is 0 Å². The topological polar surface area (TPSA) is 29.1 Å². The highest BCUT2D eigenvalue weighted by Gasteiger charge is 1.91. The van der Waals surface area contributed by atoms with Crippen LogP contribution in [0.3, 0.4) is 0 Å². The number of nitrogens with one attached hydrogen (secondary N) is 1. The first-order valence-corrected chi connectivity index (χ1v) is 4.57. The summed E-state index contributed by atoms with van der Waals surface area (Å²) >= 11 is 10.0. The molecular formula is C5H9NOS3. The molecule has 0 atom stereocenters. The van der Waals surface area contributed by atoms with Gasteiger partial charge in [-0.05, 0) is 0 Å². The Hall–Kier alpha value is 0.260. The second kappa shape index (κ2) is 6.00. The van der Waals surface area contributed by atoms with Crippen molar-refractivity contribution in [1.82, 2.24) is 5.32 Å². The third-order valence-electron chi connectivity index (χ3n) is 0.702. The van der Waals surface area contributed by atoms with Crippen molar-refractivity contribution in [1.29, 1.82) is 0 Å². The van der Waals surface area contributed by atoms with Crippen LogP contribution in [0, 0.1) is 0 Å². The van der Waals surface area contributed by atoms with Gasteiger partial charge in [0.15, 0.2) is 0 Å². The molecule has 0 aromatic heterocycles. The van der Waals surface area contributed by atoms with Crippen molar-refractivity contribution in [2.24, 2.45) is 0 Å². The maximum absolute atomic E-state index is 10.3. The molecule has 2 nitrogen and oxygen atoms in total. The molecule has 0 fully saturated rings. The zero-order valence-corrected chi connectivity index (χ0v) is 8.11. The van der Waals surface area contributed by atoms with Crippen LogP contribution in [0.1, 0.15) is 6.92 Å². The van der Waals surface area contributed by atoms with Crippen molar-refractivity contribution in [3.05, 3.63) is 0 Å². The van der Waals surface area contributed by atoms with Gasteiger partial charge in [-0.1, -0.05) is 12.2 Å². The lowest BCUT2D eigenvalue weighted by molar-refractivity contribution is -0.118. The minimum atomic E-state index is -0.00863. The predicted molar refractivity (Wildman–Crippen MR) is 52.7 cm³/mol. The quantitative estimate of drug-likeness (QED) is 0.401. The second-order valence-electron chi connectivity index (χ2n) is 1.60. The number of carbonyl (C=O) groups is 1. The fourth-order valence-electron chi connectivity index (χ4n) is 0.365. The lowest BCUT2D eigenvalue weighted by atomic mass is 10.6. The number of hydrogen-bond acceptors (Lipinski definition) is 3. The van der Waals surface area contributed by atoms with Crippen LogP contribution in [-0.2, 0) is 4.79 Å². The van der Waals surface area contributed by atoms with Gasteiger partial charge in [-0.15, -0.1) is 24.4 Å². The van der Waals surface area contributed by atoms with E-state index in [1.54, 1.807) is 0 Å². The first-order chi connectivity index (χ1) is 4.63. The van der Waals surface area contributed by atoms with Crippen molar-refractivity contribution in [2.75, 3.05) is 12.3 Å². The molecule has 0 radical (unpaired) electrons. The summed E-state index contributed by atoms with van der Waals surface area (Å²) in [6, 6.07) is 0. The van der Waals surface area contributed by atoms with Gasteiger partial charge in [0.2, 0.25) is 5.91 Å². The Morgan fingerprint density at radius 1 is 1.80 bits per heavy atom. The highest BCUT2D eigenvalue weighted by Crippen LogP contribution is 2.05. The molecule has 0 unspecified atom stereocenters. The standard InChI is InChI=1S/C5H9NOS3/c1-4(7)6-2-3-10-5(8)9/h2-3H2,1H3,(H,6,7)(H,8,9). The number of thioether (sulfide) groups is 1. The average Bonchev–Trinajstić information content (AvgIpc) is 1.79. The van der Waals surface area contributed by atoms with Gasteiger partial charge in [0, 0.05) is 19.2 Å². The van der Waals surface area contributed by atoms with Crippen LogP contribution in [0.15, 0.2) is 0 Å². The summed E-state index contributed by atoms with van der Waals surface area (Å²) < 4.78 is 0.616. The molecular weight excluding hydrogens is 186 g/mol. The molecule has 0 aliphatic heterocycles. The molecule has 0 heterocycles. The molecule has 1 N–H and O–H groups in total. The minimum absolute atomic E-state index is 0.00863. The van der Waals surface area contributed by atoms with Crippen LogP contribution in [-0.4, -0.2) is 21.7 Å². The van der Waals surface area contributed by atoms with Crippen molar-refractivity contribution >= 4 is 46.0 Å². The second-order valence-corrected chi connectivity index (χ2v) is 4.42. The van der Waals surface area contributed by atoms with Crippen LogP contribution in [0.5, 0.6) is 0 Å². The predicted octanol–water partition coefficient (Wildman–Crippen LogP) is 1.07. The molecule has 1 amide bonds. The van der Waals surface area contributed by atoms with E-state index in [9.17, 15) is 4.79 Å². The van der Waals surface area contributed by atoms with Gasteiger partial charge in [-0.2, -0.15) is 0 Å². The summed E-state index contributed by atoms with van der Waals surface area (Å²) in [6.45, 7) is 2.14. The highest BCUT2D eigenvalue weighted by molar-refractivity contribution is 8.41. The van der Waals surface area contributed by atoms with Gasteiger partial charge in [0.25, 0.3) is 0 Å². The van der Waals surface area contributed by atoms with Crippen LogP contribution in [0.4, 0.5) is 0 Å². The summed E-state index contributed by atoms with van der Waals surface area (Å²) in [5, 5.41) is 2.65. The molecule has 0 aliphatic carbocycles. The number of amides is 1. The van der Waals surface area contributed by atoms with E-state index in [0.717, 1.165) is 5.75 Å². The van der Waals surface area contributed by atoms with Crippen LogP contribution in [0.2, 0.25) is 0 Å². The Balaban J connectivity index is 3.06. The van der Waals surface area contributed by atoms with Crippen LogP contribution >= 0.6 is 36.6 Å². The molecule has 0 saturated carbocycles. The van der Waals surface area contributed by atoms with Gasteiger partial charge in [-0.25, -0.2) is 0 Å².